The molecular weight excluding hydrogens is 236 g/mol. The molecule has 3 heteroatoms. The number of methoxy groups -OCH3 is 1. The second-order valence-electron chi connectivity index (χ2n) is 5.76. The molecule has 0 radical (unpaired) electrons. The van der Waals surface area contributed by atoms with Crippen molar-refractivity contribution in [3.63, 3.8) is 0 Å². The van der Waals surface area contributed by atoms with Gasteiger partial charge in [0.15, 0.2) is 0 Å². The Morgan fingerprint density at radius 1 is 1.37 bits per heavy atom. The molecule has 1 fully saturated rings. The first-order valence-corrected chi connectivity index (χ1v) is 7.20. The summed E-state index contributed by atoms with van der Waals surface area (Å²) in [5, 5.41) is 3.71. The Hall–Kier alpha value is -0.900. The lowest BCUT2D eigenvalue weighted by atomic mass is 9.91. The van der Waals surface area contributed by atoms with Gasteiger partial charge in [-0.1, -0.05) is 30.3 Å². The van der Waals surface area contributed by atoms with E-state index >= 15 is 0 Å². The van der Waals surface area contributed by atoms with Crippen molar-refractivity contribution in [3.05, 3.63) is 35.9 Å². The fourth-order valence-corrected chi connectivity index (χ4v) is 2.84. The number of nitrogens with zero attached hydrogens (tertiary/aromatic N) is 1. The van der Waals surface area contributed by atoms with E-state index in [2.05, 4.69) is 54.4 Å². The van der Waals surface area contributed by atoms with Gasteiger partial charge in [-0.05, 0) is 38.9 Å². The summed E-state index contributed by atoms with van der Waals surface area (Å²) < 4.78 is 5.41. The van der Waals surface area contributed by atoms with Gasteiger partial charge in [-0.15, -0.1) is 0 Å². The molecule has 106 valence electrons. The summed E-state index contributed by atoms with van der Waals surface area (Å²) in [6.07, 6.45) is 1.48. The maximum atomic E-state index is 5.41. The lowest BCUT2D eigenvalue weighted by Gasteiger charge is -2.35. The Labute approximate surface area is 116 Å². The van der Waals surface area contributed by atoms with Gasteiger partial charge in [0.1, 0.15) is 0 Å². The van der Waals surface area contributed by atoms with Crippen LogP contribution < -0.4 is 5.32 Å². The van der Waals surface area contributed by atoms with E-state index in [1.54, 1.807) is 7.11 Å². The third-order valence-electron chi connectivity index (χ3n) is 4.03. The summed E-state index contributed by atoms with van der Waals surface area (Å²) in [4.78, 5) is 2.52. The van der Waals surface area contributed by atoms with E-state index in [-0.39, 0.29) is 11.6 Å². The van der Waals surface area contributed by atoms with E-state index in [9.17, 15) is 0 Å². The smallest absolute Gasteiger partial charge is 0.0670 e. The molecule has 3 nitrogen and oxygen atoms in total. The molecule has 2 rings (SSSR count). The van der Waals surface area contributed by atoms with Crippen molar-refractivity contribution >= 4 is 0 Å². The van der Waals surface area contributed by atoms with Crippen LogP contribution in [0.2, 0.25) is 0 Å². The second kappa shape index (κ2) is 6.51. The Balaban J connectivity index is 2.11. The number of hydrogen-bond donors (Lipinski definition) is 1. The quantitative estimate of drug-likeness (QED) is 0.900. The molecule has 1 aromatic rings. The monoisotopic (exact) mass is 262 g/mol. The fourth-order valence-electron chi connectivity index (χ4n) is 2.84. The van der Waals surface area contributed by atoms with Gasteiger partial charge in [-0.3, -0.25) is 4.90 Å². The van der Waals surface area contributed by atoms with Crippen molar-refractivity contribution in [2.24, 2.45) is 0 Å². The molecule has 2 atom stereocenters. The van der Waals surface area contributed by atoms with Gasteiger partial charge in [0.2, 0.25) is 0 Å². The minimum absolute atomic E-state index is 0.0330. The highest BCUT2D eigenvalue weighted by molar-refractivity contribution is 5.24. The molecule has 0 amide bonds. The number of hydrogen-bond acceptors (Lipinski definition) is 3. The van der Waals surface area contributed by atoms with Crippen molar-refractivity contribution < 1.29 is 4.74 Å². The van der Waals surface area contributed by atoms with Crippen molar-refractivity contribution in [1.82, 2.24) is 10.2 Å². The second-order valence-corrected chi connectivity index (χ2v) is 5.76. The average molecular weight is 262 g/mol. The van der Waals surface area contributed by atoms with Crippen LogP contribution >= 0.6 is 0 Å². The van der Waals surface area contributed by atoms with Crippen molar-refractivity contribution in [3.8, 4) is 0 Å². The lowest BCUT2D eigenvalue weighted by molar-refractivity contribution is 0.0707. The van der Waals surface area contributed by atoms with Crippen molar-refractivity contribution in [2.45, 2.75) is 31.9 Å². The molecule has 1 saturated heterocycles. The van der Waals surface area contributed by atoms with Crippen molar-refractivity contribution in [2.75, 3.05) is 33.3 Å². The Morgan fingerprint density at radius 3 is 2.79 bits per heavy atom. The first-order valence-electron chi connectivity index (χ1n) is 7.20. The number of benzene rings is 1. The van der Waals surface area contributed by atoms with E-state index in [1.807, 2.05) is 0 Å². The highest BCUT2D eigenvalue weighted by Crippen LogP contribution is 2.24. The van der Waals surface area contributed by atoms with Crippen LogP contribution in [0.25, 0.3) is 0 Å². The SMILES string of the molecule is COC(C)CN1CCCNC(C)(c2ccccc2)C1. The van der Waals surface area contributed by atoms with E-state index in [0.29, 0.717) is 0 Å². The lowest BCUT2D eigenvalue weighted by Crippen LogP contribution is -2.47. The van der Waals surface area contributed by atoms with Crippen LogP contribution in [0, 0.1) is 0 Å². The summed E-state index contributed by atoms with van der Waals surface area (Å²) in [6.45, 7) is 8.69. The van der Waals surface area contributed by atoms with Crippen LogP contribution in [0.3, 0.4) is 0 Å². The van der Waals surface area contributed by atoms with Gasteiger partial charge in [0.05, 0.1) is 11.6 Å². The maximum absolute atomic E-state index is 5.41. The average Bonchev–Trinajstić information content (AvgIpc) is 2.62. The fraction of sp³-hybridized carbons (Fsp3) is 0.625. The van der Waals surface area contributed by atoms with Gasteiger partial charge < -0.3 is 10.1 Å². The standard InChI is InChI=1S/C16H26N2O/c1-14(19-3)12-18-11-7-10-17-16(2,13-18)15-8-5-4-6-9-15/h4-6,8-9,14,17H,7,10-13H2,1-3H3. The van der Waals surface area contributed by atoms with Gasteiger partial charge >= 0.3 is 0 Å². The van der Waals surface area contributed by atoms with E-state index in [0.717, 1.165) is 26.2 Å². The largest absolute Gasteiger partial charge is 0.380 e. The minimum Gasteiger partial charge on any atom is -0.380 e. The van der Waals surface area contributed by atoms with Gasteiger partial charge in [0, 0.05) is 20.2 Å². The summed E-state index contributed by atoms with van der Waals surface area (Å²) in [5.41, 5.74) is 1.40. The van der Waals surface area contributed by atoms with E-state index in [1.165, 1.54) is 12.0 Å². The highest BCUT2D eigenvalue weighted by atomic mass is 16.5. The topological polar surface area (TPSA) is 24.5 Å². The third kappa shape index (κ3) is 3.78. The van der Waals surface area contributed by atoms with Gasteiger partial charge in [-0.25, -0.2) is 0 Å². The zero-order chi connectivity index (χ0) is 13.7. The molecule has 1 aromatic carbocycles. The molecule has 0 aliphatic carbocycles. The molecule has 2 unspecified atom stereocenters. The molecule has 1 aliphatic heterocycles. The summed E-state index contributed by atoms with van der Waals surface area (Å²) in [6, 6.07) is 10.8. The van der Waals surface area contributed by atoms with Crippen LogP contribution in [0.1, 0.15) is 25.8 Å². The molecule has 1 aliphatic rings. The first-order chi connectivity index (χ1) is 9.14. The molecular formula is C16H26N2O. The Bertz CT molecular complexity index is 382. The summed E-state index contributed by atoms with van der Waals surface area (Å²) in [5.74, 6) is 0. The Kier molecular flexibility index (Phi) is 4.97. The number of rotatable bonds is 4. The predicted molar refractivity (Wildman–Crippen MR) is 79.3 cm³/mol. The molecule has 0 aromatic heterocycles. The zero-order valence-corrected chi connectivity index (χ0v) is 12.4. The molecule has 1 heterocycles. The van der Waals surface area contributed by atoms with Crippen LogP contribution in [0.15, 0.2) is 30.3 Å². The normalized spacial score (nSPS) is 26.9. The van der Waals surface area contributed by atoms with Crippen LogP contribution in [-0.4, -0.2) is 44.3 Å². The molecule has 0 bridgehead atoms. The van der Waals surface area contributed by atoms with Gasteiger partial charge in [0.25, 0.3) is 0 Å². The molecule has 1 N–H and O–H groups in total. The minimum atomic E-state index is 0.0330. The number of ether oxygens (including phenoxy) is 1. The number of nitrogens with one attached hydrogen (secondary N) is 1. The van der Waals surface area contributed by atoms with Crippen LogP contribution in [-0.2, 0) is 10.3 Å². The molecule has 0 saturated carbocycles. The van der Waals surface area contributed by atoms with E-state index < -0.39 is 0 Å². The predicted octanol–water partition coefficient (Wildman–Crippen LogP) is 2.23. The summed E-state index contributed by atoms with van der Waals surface area (Å²) in [7, 11) is 1.79. The zero-order valence-electron chi connectivity index (χ0n) is 12.4. The first kappa shape index (κ1) is 14.5. The third-order valence-corrected chi connectivity index (χ3v) is 4.03. The maximum Gasteiger partial charge on any atom is 0.0670 e. The molecule has 19 heavy (non-hydrogen) atoms. The van der Waals surface area contributed by atoms with Gasteiger partial charge in [-0.2, -0.15) is 0 Å². The van der Waals surface area contributed by atoms with Crippen molar-refractivity contribution in [1.29, 1.82) is 0 Å². The highest BCUT2D eigenvalue weighted by Gasteiger charge is 2.30. The van der Waals surface area contributed by atoms with Crippen LogP contribution in [0.5, 0.6) is 0 Å². The summed E-state index contributed by atoms with van der Waals surface area (Å²) >= 11 is 0. The van der Waals surface area contributed by atoms with Crippen LogP contribution in [0.4, 0.5) is 0 Å². The molecule has 0 spiro atoms. The Morgan fingerprint density at radius 2 is 2.11 bits per heavy atom. The van der Waals surface area contributed by atoms with E-state index in [4.69, 9.17) is 4.74 Å².